The molecule has 1 N–H and O–H groups in total. The molecule has 0 spiro atoms. The summed E-state index contributed by atoms with van der Waals surface area (Å²) in [6, 6.07) is 18.7. The van der Waals surface area contributed by atoms with Crippen LogP contribution in [-0.2, 0) is 6.61 Å². The van der Waals surface area contributed by atoms with E-state index >= 15 is 0 Å². The third-order valence-electron chi connectivity index (χ3n) is 7.17. The molecule has 1 saturated carbocycles. The Hall–Kier alpha value is -3.93. The molecule has 0 radical (unpaired) electrons. The Morgan fingerprint density at radius 3 is 2.74 bits per heavy atom. The molecule has 3 heterocycles. The Labute approximate surface area is 198 Å². The molecule has 2 aliphatic rings. The van der Waals surface area contributed by atoms with E-state index in [2.05, 4.69) is 53.5 Å². The molecule has 1 aliphatic carbocycles. The van der Waals surface area contributed by atoms with E-state index in [0.717, 1.165) is 62.0 Å². The van der Waals surface area contributed by atoms with Crippen LogP contribution >= 0.6 is 0 Å². The lowest BCUT2D eigenvalue weighted by Gasteiger charge is -2.26. The zero-order chi connectivity index (χ0) is 23.3. The molecule has 0 unspecified atom stereocenters. The number of hydroxylamine groups is 1. The minimum atomic E-state index is -0.547. The third kappa shape index (κ3) is 3.37. The number of nitrogens with zero attached hydrogens (tertiary/aromatic N) is 3. The molecule has 1 aliphatic heterocycles. The molecule has 6 nitrogen and oxygen atoms in total. The van der Waals surface area contributed by atoms with Crippen LogP contribution in [-0.4, -0.2) is 31.7 Å². The molecule has 4 aromatic rings. The summed E-state index contributed by atoms with van der Waals surface area (Å²) in [5.41, 5.74) is 6.54. The first kappa shape index (κ1) is 20.7. The summed E-state index contributed by atoms with van der Waals surface area (Å²) in [5, 5.41) is 20.9. The van der Waals surface area contributed by atoms with Gasteiger partial charge in [-0.3, -0.25) is 5.10 Å². The Balaban J connectivity index is 1.20. The van der Waals surface area contributed by atoms with Crippen molar-refractivity contribution < 1.29 is 9.48 Å². The second-order valence-electron chi connectivity index (χ2n) is 9.41. The molecule has 6 heteroatoms. The fourth-order valence-corrected chi connectivity index (χ4v) is 5.00. The molecule has 0 saturated heterocycles. The predicted molar refractivity (Wildman–Crippen MR) is 134 cm³/mol. The number of nitrogens with one attached hydrogen (secondary N) is 1. The van der Waals surface area contributed by atoms with E-state index in [0.29, 0.717) is 18.4 Å². The second kappa shape index (κ2) is 7.83. The van der Waals surface area contributed by atoms with Gasteiger partial charge in [-0.1, -0.05) is 42.5 Å². The van der Waals surface area contributed by atoms with Crippen molar-refractivity contribution >= 4 is 22.7 Å². The van der Waals surface area contributed by atoms with Crippen molar-refractivity contribution in [3.8, 4) is 17.1 Å². The SMILES string of the molecule is Cc1cc2ccccc2nc1-c1ccc(COc2n[nH]cc2C2=CC=[N+]([O-])[C@@]2(C)C2CC2)cc1. The lowest BCUT2D eigenvalue weighted by Crippen LogP contribution is -2.37. The van der Waals surface area contributed by atoms with Crippen LogP contribution in [0.25, 0.3) is 27.7 Å². The summed E-state index contributed by atoms with van der Waals surface area (Å²) in [7, 11) is 0. The van der Waals surface area contributed by atoms with Crippen molar-refractivity contribution in [3.63, 3.8) is 0 Å². The van der Waals surface area contributed by atoms with Gasteiger partial charge in [0.15, 0.2) is 11.8 Å². The average molecular weight is 451 g/mol. The number of H-pyrrole nitrogens is 1. The molecule has 170 valence electrons. The zero-order valence-electron chi connectivity index (χ0n) is 19.3. The molecule has 2 aromatic heterocycles. The Morgan fingerprint density at radius 1 is 1.15 bits per heavy atom. The van der Waals surface area contributed by atoms with Crippen LogP contribution in [0.5, 0.6) is 5.88 Å². The number of allylic oxidation sites excluding steroid dienone is 1. The number of pyridine rings is 1. The van der Waals surface area contributed by atoms with E-state index in [-0.39, 0.29) is 0 Å². The molecule has 1 atom stereocenters. The number of benzene rings is 2. The monoisotopic (exact) mass is 450 g/mol. The molecule has 2 aromatic carbocycles. The van der Waals surface area contributed by atoms with Crippen molar-refractivity contribution in [2.24, 2.45) is 5.92 Å². The number of aromatic amines is 1. The normalized spacial score (nSPS) is 19.8. The number of hydrogen-bond acceptors (Lipinski definition) is 4. The number of rotatable bonds is 6. The van der Waals surface area contributed by atoms with Gasteiger partial charge in [-0.25, -0.2) is 9.72 Å². The molecule has 34 heavy (non-hydrogen) atoms. The van der Waals surface area contributed by atoms with Crippen LogP contribution in [0.2, 0.25) is 0 Å². The van der Waals surface area contributed by atoms with Crippen LogP contribution in [0.4, 0.5) is 0 Å². The van der Waals surface area contributed by atoms with Crippen LogP contribution in [0, 0.1) is 18.0 Å². The first-order chi connectivity index (χ1) is 16.5. The van der Waals surface area contributed by atoms with Gasteiger partial charge in [0, 0.05) is 41.6 Å². The topological polar surface area (TPSA) is 76.9 Å². The highest BCUT2D eigenvalue weighted by Crippen LogP contribution is 2.50. The highest BCUT2D eigenvalue weighted by molar-refractivity contribution is 5.90. The van der Waals surface area contributed by atoms with E-state index < -0.39 is 5.54 Å². The molecule has 6 rings (SSSR count). The number of fused-ring (bicyclic) bond motifs is 1. The van der Waals surface area contributed by atoms with E-state index in [9.17, 15) is 5.21 Å². The van der Waals surface area contributed by atoms with Gasteiger partial charge in [0.05, 0.1) is 16.8 Å². The van der Waals surface area contributed by atoms with E-state index in [4.69, 9.17) is 9.72 Å². The Kier molecular flexibility index (Phi) is 4.76. The maximum atomic E-state index is 12.6. The minimum absolute atomic E-state index is 0.373. The molecular weight excluding hydrogens is 424 g/mol. The van der Waals surface area contributed by atoms with Crippen molar-refractivity contribution in [2.45, 2.75) is 38.8 Å². The summed E-state index contributed by atoms with van der Waals surface area (Å²) in [6.07, 6.45) is 7.49. The van der Waals surface area contributed by atoms with E-state index in [1.807, 2.05) is 37.4 Å². The summed E-state index contributed by atoms with van der Waals surface area (Å²) < 4.78 is 7.18. The minimum Gasteiger partial charge on any atom is -0.623 e. The lowest BCUT2D eigenvalue weighted by atomic mass is 9.85. The first-order valence-corrected chi connectivity index (χ1v) is 11.7. The third-order valence-corrected chi connectivity index (χ3v) is 7.17. The summed E-state index contributed by atoms with van der Waals surface area (Å²) >= 11 is 0. The largest absolute Gasteiger partial charge is 0.623 e. The number of hydrogen-bond donors (Lipinski definition) is 1. The second-order valence-corrected chi connectivity index (χ2v) is 9.41. The summed E-state index contributed by atoms with van der Waals surface area (Å²) in [6.45, 7) is 4.50. The van der Waals surface area contributed by atoms with E-state index in [1.54, 1.807) is 6.21 Å². The smallest absolute Gasteiger partial charge is 0.240 e. The maximum Gasteiger partial charge on any atom is 0.240 e. The lowest BCUT2D eigenvalue weighted by molar-refractivity contribution is -0.523. The van der Waals surface area contributed by atoms with Crippen LogP contribution < -0.4 is 4.74 Å². The van der Waals surface area contributed by atoms with Gasteiger partial charge in [-0.15, -0.1) is 5.10 Å². The van der Waals surface area contributed by atoms with Crippen LogP contribution in [0.1, 0.15) is 36.5 Å². The van der Waals surface area contributed by atoms with Gasteiger partial charge in [0.25, 0.3) is 0 Å². The van der Waals surface area contributed by atoms with Gasteiger partial charge in [-0.2, -0.15) is 0 Å². The molecular formula is C28H26N4O2. The fourth-order valence-electron chi connectivity index (χ4n) is 5.00. The van der Waals surface area contributed by atoms with Crippen LogP contribution in [0.3, 0.4) is 0 Å². The van der Waals surface area contributed by atoms with Crippen molar-refractivity contribution in [1.29, 1.82) is 0 Å². The first-order valence-electron chi connectivity index (χ1n) is 11.7. The summed E-state index contributed by atoms with van der Waals surface area (Å²) in [5.74, 6) is 0.899. The predicted octanol–water partition coefficient (Wildman–Crippen LogP) is 5.66. The summed E-state index contributed by atoms with van der Waals surface area (Å²) in [4.78, 5) is 4.87. The Bertz CT molecular complexity index is 1450. The van der Waals surface area contributed by atoms with Crippen molar-refractivity contribution in [2.75, 3.05) is 0 Å². The number of para-hydroxylation sites is 1. The quantitative estimate of drug-likeness (QED) is 0.304. The van der Waals surface area contributed by atoms with E-state index in [1.165, 1.54) is 0 Å². The van der Waals surface area contributed by atoms with Crippen molar-refractivity contribution in [1.82, 2.24) is 15.2 Å². The van der Waals surface area contributed by atoms with Gasteiger partial charge >= 0.3 is 0 Å². The molecule has 0 bridgehead atoms. The van der Waals surface area contributed by atoms with Crippen molar-refractivity contribution in [3.05, 3.63) is 88.8 Å². The number of aromatic nitrogens is 3. The standard InChI is InChI=1S/C28H26N4O2/c1-18-15-21-5-3-4-6-25(21)30-26(18)20-9-7-19(8-10-20)17-34-27-23(16-29-31-27)24-13-14-32(33)28(24,2)22-11-12-22/h3-10,13-16,22H,11-12,17H2,1-2H3,(H,29,31)/t28-/m0/s1. The highest BCUT2D eigenvalue weighted by Gasteiger charge is 2.54. The molecule has 0 amide bonds. The van der Waals surface area contributed by atoms with Gasteiger partial charge < -0.3 is 9.94 Å². The Morgan fingerprint density at radius 2 is 1.94 bits per heavy atom. The number of aryl methyl sites for hydroxylation is 1. The van der Waals surface area contributed by atoms with Gasteiger partial charge in [-0.05, 0) is 43.0 Å². The number of ether oxygens (including phenoxy) is 1. The van der Waals surface area contributed by atoms with Crippen LogP contribution in [0.15, 0.2) is 66.9 Å². The fraction of sp³-hybridized carbons (Fsp3) is 0.250. The van der Waals surface area contributed by atoms with Gasteiger partial charge in [0.1, 0.15) is 6.61 Å². The highest BCUT2D eigenvalue weighted by atomic mass is 16.5. The van der Waals surface area contributed by atoms with Gasteiger partial charge in [0.2, 0.25) is 5.88 Å². The molecule has 1 fully saturated rings. The maximum absolute atomic E-state index is 12.6. The average Bonchev–Trinajstić information content (AvgIpc) is 3.55. The zero-order valence-corrected chi connectivity index (χ0v) is 19.3.